The molecule has 0 N–H and O–H groups in total. The van der Waals surface area contributed by atoms with Gasteiger partial charge in [0.1, 0.15) is 17.7 Å². The Bertz CT molecular complexity index is 1100. The summed E-state index contributed by atoms with van der Waals surface area (Å²) in [5.74, 6) is 0.948. The van der Waals surface area contributed by atoms with Gasteiger partial charge in [-0.15, -0.1) is 10.2 Å². The smallest absolute Gasteiger partial charge is 0.341 e. The lowest BCUT2D eigenvalue weighted by Gasteiger charge is -2.36. The highest BCUT2D eigenvalue weighted by Crippen LogP contribution is 2.37. The first-order valence-electron chi connectivity index (χ1n) is 11.1. The molecule has 3 heterocycles. The zero-order valence-electron chi connectivity index (χ0n) is 19.1. The number of benzene rings is 1. The zero-order chi connectivity index (χ0) is 22.1. The predicted octanol–water partition coefficient (Wildman–Crippen LogP) is 4.58. The van der Waals surface area contributed by atoms with Crippen LogP contribution in [0.3, 0.4) is 0 Å². The highest BCUT2D eigenvalue weighted by molar-refractivity contribution is 6.06. The van der Waals surface area contributed by atoms with Gasteiger partial charge in [0, 0.05) is 36.6 Å². The van der Waals surface area contributed by atoms with Crippen molar-refractivity contribution in [3.8, 4) is 0 Å². The molecule has 0 aliphatic carbocycles. The van der Waals surface area contributed by atoms with Crippen molar-refractivity contribution in [3.63, 3.8) is 0 Å². The molecule has 4 rings (SSSR count). The summed E-state index contributed by atoms with van der Waals surface area (Å²) >= 11 is 0. The number of pyridine rings is 1. The Morgan fingerprint density at radius 2 is 2.10 bits per heavy atom. The molecule has 1 atom stereocenters. The molecule has 2 aromatic heterocycles. The number of piperidine rings is 1. The van der Waals surface area contributed by atoms with E-state index in [0.717, 1.165) is 53.9 Å². The van der Waals surface area contributed by atoms with E-state index >= 15 is 0 Å². The predicted molar refractivity (Wildman–Crippen MR) is 122 cm³/mol. The van der Waals surface area contributed by atoms with Crippen LogP contribution in [0.1, 0.15) is 72.9 Å². The maximum atomic E-state index is 12.8. The Labute approximate surface area is 183 Å². The molecule has 0 amide bonds. The lowest BCUT2D eigenvalue weighted by molar-refractivity contribution is 0.0526. The van der Waals surface area contributed by atoms with Gasteiger partial charge in [-0.25, -0.2) is 4.79 Å². The third kappa shape index (κ3) is 3.89. The van der Waals surface area contributed by atoms with Gasteiger partial charge in [-0.3, -0.25) is 4.98 Å². The molecular weight excluding hydrogens is 390 g/mol. The lowest BCUT2D eigenvalue weighted by Crippen LogP contribution is -2.36. The third-order valence-electron chi connectivity index (χ3n) is 6.29. The molecule has 0 bridgehead atoms. The third-order valence-corrected chi connectivity index (χ3v) is 6.29. The van der Waals surface area contributed by atoms with E-state index in [0.29, 0.717) is 18.2 Å². The number of hydrogen-bond donors (Lipinski definition) is 0. The SMILES string of the molecule is CCOC(=O)c1cnc2c(C)c(C)ccc2c1N1CCCC(c2nncn2C(C)C)C1. The molecule has 1 unspecified atom stereocenters. The molecule has 1 saturated heterocycles. The van der Waals surface area contributed by atoms with Crippen LogP contribution in [0.4, 0.5) is 5.69 Å². The summed E-state index contributed by atoms with van der Waals surface area (Å²) in [6.07, 6.45) is 5.57. The van der Waals surface area contributed by atoms with Crippen molar-refractivity contribution in [2.45, 2.75) is 59.4 Å². The number of aryl methyl sites for hydroxylation is 2. The standard InChI is InChI=1S/C24H31N5O2/c1-6-31-24(30)20-12-25-21-17(5)16(4)9-10-19(21)22(20)28-11-7-8-18(13-28)23-27-26-14-29(23)15(2)3/h9-10,12,14-15,18H,6-8,11,13H2,1-5H3. The Kier molecular flexibility index (Phi) is 5.94. The fourth-order valence-electron chi connectivity index (χ4n) is 4.53. The van der Waals surface area contributed by atoms with Crippen LogP contribution in [0.15, 0.2) is 24.7 Å². The normalized spacial score (nSPS) is 16.8. The summed E-state index contributed by atoms with van der Waals surface area (Å²) in [4.78, 5) is 19.8. The number of fused-ring (bicyclic) bond motifs is 1. The number of carbonyl (C=O) groups excluding carboxylic acids is 1. The minimum Gasteiger partial charge on any atom is -0.462 e. The molecule has 164 valence electrons. The number of carbonyl (C=O) groups is 1. The number of anilines is 1. The second-order valence-corrected chi connectivity index (χ2v) is 8.62. The molecule has 1 fully saturated rings. The highest BCUT2D eigenvalue weighted by Gasteiger charge is 2.30. The summed E-state index contributed by atoms with van der Waals surface area (Å²) in [7, 11) is 0. The van der Waals surface area contributed by atoms with Crippen LogP contribution in [0.2, 0.25) is 0 Å². The fraction of sp³-hybridized carbons (Fsp3) is 0.500. The largest absolute Gasteiger partial charge is 0.462 e. The van der Waals surface area contributed by atoms with Gasteiger partial charge in [0.25, 0.3) is 0 Å². The van der Waals surface area contributed by atoms with Crippen molar-refractivity contribution < 1.29 is 9.53 Å². The van der Waals surface area contributed by atoms with Crippen LogP contribution in [0.5, 0.6) is 0 Å². The fourth-order valence-corrected chi connectivity index (χ4v) is 4.53. The van der Waals surface area contributed by atoms with Crippen molar-refractivity contribution in [3.05, 3.63) is 47.2 Å². The second kappa shape index (κ2) is 8.65. The summed E-state index contributed by atoms with van der Waals surface area (Å²) in [6, 6.07) is 4.50. The van der Waals surface area contributed by atoms with Crippen LogP contribution in [0, 0.1) is 13.8 Å². The lowest BCUT2D eigenvalue weighted by atomic mass is 9.94. The van der Waals surface area contributed by atoms with Crippen molar-refractivity contribution >= 4 is 22.6 Å². The van der Waals surface area contributed by atoms with Gasteiger partial charge in [-0.2, -0.15) is 0 Å². The molecule has 7 heteroatoms. The summed E-state index contributed by atoms with van der Waals surface area (Å²) < 4.78 is 7.53. The first kappa shape index (κ1) is 21.3. The summed E-state index contributed by atoms with van der Waals surface area (Å²) in [5.41, 5.74) is 4.73. The van der Waals surface area contributed by atoms with Gasteiger partial charge in [-0.05, 0) is 58.6 Å². The van der Waals surface area contributed by atoms with Crippen LogP contribution in [-0.4, -0.2) is 45.4 Å². The quantitative estimate of drug-likeness (QED) is 0.561. The van der Waals surface area contributed by atoms with Crippen molar-refractivity contribution in [1.29, 1.82) is 0 Å². The van der Waals surface area contributed by atoms with E-state index in [2.05, 4.69) is 64.5 Å². The number of ether oxygens (including phenoxy) is 1. The molecule has 1 aromatic carbocycles. The van der Waals surface area contributed by atoms with Crippen molar-refractivity contribution in [2.75, 3.05) is 24.6 Å². The molecule has 3 aromatic rings. The minimum absolute atomic E-state index is 0.253. The minimum atomic E-state index is -0.322. The first-order valence-corrected chi connectivity index (χ1v) is 11.1. The second-order valence-electron chi connectivity index (χ2n) is 8.62. The van der Waals surface area contributed by atoms with Gasteiger partial charge >= 0.3 is 5.97 Å². The topological polar surface area (TPSA) is 73.1 Å². The first-order chi connectivity index (χ1) is 14.9. The zero-order valence-corrected chi connectivity index (χ0v) is 19.1. The molecule has 1 aliphatic heterocycles. The maximum Gasteiger partial charge on any atom is 0.341 e. The average molecular weight is 422 g/mol. The summed E-state index contributed by atoms with van der Waals surface area (Å²) in [6.45, 7) is 12.3. The van der Waals surface area contributed by atoms with Gasteiger partial charge in [0.05, 0.1) is 17.8 Å². The average Bonchev–Trinajstić information content (AvgIpc) is 3.26. The Balaban J connectivity index is 1.81. The van der Waals surface area contributed by atoms with E-state index in [4.69, 9.17) is 4.74 Å². The Hall–Kier alpha value is -2.96. The van der Waals surface area contributed by atoms with E-state index < -0.39 is 0 Å². The molecule has 31 heavy (non-hydrogen) atoms. The van der Waals surface area contributed by atoms with Crippen LogP contribution < -0.4 is 4.90 Å². The number of nitrogens with zero attached hydrogens (tertiary/aromatic N) is 5. The van der Waals surface area contributed by atoms with Crippen LogP contribution in [-0.2, 0) is 4.74 Å². The number of rotatable bonds is 5. The van der Waals surface area contributed by atoms with E-state index in [9.17, 15) is 4.79 Å². The van der Waals surface area contributed by atoms with Gasteiger partial charge in [-0.1, -0.05) is 12.1 Å². The maximum absolute atomic E-state index is 12.8. The van der Waals surface area contributed by atoms with Crippen LogP contribution >= 0.6 is 0 Å². The van der Waals surface area contributed by atoms with E-state index in [1.54, 1.807) is 6.20 Å². The van der Waals surface area contributed by atoms with Gasteiger partial charge < -0.3 is 14.2 Å². The van der Waals surface area contributed by atoms with E-state index in [-0.39, 0.29) is 11.9 Å². The molecule has 1 aliphatic rings. The number of hydrogen-bond acceptors (Lipinski definition) is 6. The molecule has 7 nitrogen and oxygen atoms in total. The molecular formula is C24H31N5O2. The molecule has 0 saturated carbocycles. The highest BCUT2D eigenvalue weighted by atomic mass is 16.5. The monoisotopic (exact) mass is 421 g/mol. The summed E-state index contributed by atoms with van der Waals surface area (Å²) in [5, 5.41) is 9.61. The Morgan fingerprint density at radius 1 is 1.29 bits per heavy atom. The Morgan fingerprint density at radius 3 is 2.84 bits per heavy atom. The molecule has 0 radical (unpaired) electrons. The number of aromatic nitrogens is 4. The van der Waals surface area contributed by atoms with E-state index in [1.807, 2.05) is 13.3 Å². The van der Waals surface area contributed by atoms with Gasteiger partial charge in [0.15, 0.2) is 0 Å². The molecule has 0 spiro atoms. The van der Waals surface area contributed by atoms with Crippen molar-refractivity contribution in [2.24, 2.45) is 0 Å². The van der Waals surface area contributed by atoms with E-state index in [1.165, 1.54) is 5.56 Å². The van der Waals surface area contributed by atoms with Crippen molar-refractivity contribution in [1.82, 2.24) is 19.7 Å². The van der Waals surface area contributed by atoms with Crippen LogP contribution in [0.25, 0.3) is 10.9 Å². The number of esters is 1. The van der Waals surface area contributed by atoms with Gasteiger partial charge in [0.2, 0.25) is 0 Å².